The van der Waals surface area contributed by atoms with Crippen LogP contribution in [0.4, 0.5) is 5.69 Å². The maximum atomic E-state index is 12.2. The maximum Gasteiger partial charge on any atom is 0.335 e. The summed E-state index contributed by atoms with van der Waals surface area (Å²) in [4.78, 5) is 25.0. The molecule has 0 saturated heterocycles. The predicted octanol–water partition coefficient (Wildman–Crippen LogP) is 2.36. The van der Waals surface area contributed by atoms with Gasteiger partial charge in [0.15, 0.2) is 0 Å². The zero-order valence-corrected chi connectivity index (χ0v) is 11.6. The molecule has 1 aromatic carbocycles. The molecule has 21 heavy (non-hydrogen) atoms. The molecule has 1 aliphatic carbocycles. The van der Waals surface area contributed by atoms with E-state index >= 15 is 0 Å². The summed E-state index contributed by atoms with van der Waals surface area (Å²) < 4.78 is 0. The smallest absolute Gasteiger partial charge is 0.335 e. The molecule has 1 fully saturated rings. The van der Waals surface area contributed by atoms with Crippen LogP contribution in [0.15, 0.2) is 18.2 Å². The zero-order valence-electron chi connectivity index (χ0n) is 11.6. The molecule has 0 radical (unpaired) electrons. The lowest BCUT2D eigenvalue weighted by Crippen LogP contribution is -2.39. The molecular formula is C16H16N2O3. The van der Waals surface area contributed by atoms with Gasteiger partial charge in [-0.25, -0.2) is 4.79 Å². The first-order valence-electron chi connectivity index (χ1n) is 7.08. The van der Waals surface area contributed by atoms with Crippen LogP contribution in [0.25, 0.3) is 0 Å². The Balaban J connectivity index is 1.91. The molecule has 108 valence electrons. The molecule has 5 nitrogen and oxygen atoms in total. The number of aryl methyl sites for hydroxylation is 1. The van der Waals surface area contributed by atoms with Crippen molar-refractivity contribution in [2.45, 2.75) is 32.1 Å². The summed E-state index contributed by atoms with van der Waals surface area (Å²) in [6.07, 6.45) is 3.41. The normalized spacial score (nSPS) is 18.8. The van der Waals surface area contributed by atoms with Gasteiger partial charge in [0, 0.05) is 30.5 Å². The molecule has 0 bridgehead atoms. The van der Waals surface area contributed by atoms with Gasteiger partial charge in [-0.05, 0) is 43.0 Å². The second-order valence-electron chi connectivity index (χ2n) is 5.96. The third kappa shape index (κ3) is 2.49. The van der Waals surface area contributed by atoms with Crippen LogP contribution >= 0.6 is 0 Å². The number of hydrogen-bond donors (Lipinski definition) is 1. The van der Waals surface area contributed by atoms with Crippen molar-refractivity contribution < 1.29 is 14.7 Å². The Morgan fingerprint density at radius 1 is 1.38 bits per heavy atom. The third-order valence-corrected chi connectivity index (χ3v) is 4.43. The average molecular weight is 284 g/mol. The molecule has 0 spiro atoms. The number of carboxylic acids is 1. The standard InChI is InChI=1S/C16H16N2O3/c17-8-7-16(5-6-16)10-18-13-3-1-12(15(20)21)9-11(13)2-4-14(18)19/h1,3,9H,2,4-7,10H2,(H,20,21). The van der Waals surface area contributed by atoms with Crippen molar-refractivity contribution in [3.63, 3.8) is 0 Å². The SMILES string of the molecule is N#CCC1(CN2C(=O)CCc3cc(C(=O)O)ccc32)CC1. The number of aromatic carboxylic acids is 1. The monoisotopic (exact) mass is 284 g/mol. The largest absolute Gasteiger partial charge is 0.478 e. The van der Waals surface area contributed by atoms with Crippen LogP contribution in [-0.2, 0) is 11.2 Å². The lowest BCUT2D eigenvalue weighted by Gasteiger charge is -2.32. The number of carboxylic acid groups (broad SMARTS) is 1. The van der Waals surface area contributed by atoms with Gasteiger partial charge in [0.2, 0.25) is 5.91 Å². The highest BCUT2D eigenvalue weighted by molar-refractivity contribution is 5.98. The summed E-state index contributed by atoms with van der Waals surface area (Å²) in [7, 11) is 0. The highest BCUT2D eigenvalue weighted by Crippen LogP contribution is 2.50. The van der Waals surface area contributed by atoms with Gasteiger partial charge < -0.3 is 10.0 Å². The minimum Gasteiger partial charge on any atom is -0.478 e. The second-order valence-corrected chi connectivity index (χ2v) is 5.96. The van der Waals surface area contributed by atoms with Crippen LogP contribution < -0.4 is 4.90 Å². The van der Waals surface area contributed by atoms with E-state index in [1.165, 1.54) is 6.07 Å². The van der Waals surface area contributed by atoms with E-state index < -0.39 is 5.97 Å². The minimum atomic E-state index is -0.954. The molecule has 0 unspecified atom stereocenters. The first-order valence-corrected chi connectivity index (χ1v) is 7.08. The van der Waals surface area contributed by atoms with E-state index in [1.54, 1.807) is 17.0 Å². The van der Waals surface area contributed by atoms with Crippen molar-refractivity contribution in [3.8, 4) is 6.07 Å². The Bertz CT molecular complexity index is 656. The van der Waals surface area contributed by atoms with Crippen molar-refractivity contribution in [1.82, 2.24) is 0 Å². The van der Waals surface area contributed by atoms with Crippen molar-refractivity contribution in [3.05, 3.63) is 29.3 Å². The van der Waals surface area contributed by atoms with E-state index in [4.69, 9.17) is 10.4 Å². The van der Waals surface area contributed by atoms with E-state index in [9.17, 15) is 9.59 Å². The van der Waals surface area contributed by atoms with Gasteiger partial charge in [-0.3, -0.25) is 4.79 Å². The molecule has 2 aliphatic rings. The Morgan fingerprint density at radius 3 is 2.76 bits per heavy atom. The van der Waals surface area contributed by atoms with E-state index in [0.29, 0.717) is 25.8 Å². The molecule has 3 rings (SSSR count). The number of nitrogens with zero attached hydrogens (tertiary/aromatic N) is 2. The number of rotatable bonds is 4. The lowest BCUT2D eigenvalue weighted by molar-refractivity contribution is -0.119. The quantitative estimate of drug-likeness (QED) is 0.920. The molecule has 1 N–H and O–H groups in total. The minimum absolute atomic E-state index is 0.0511. The lowest BCUT2D eigenvalue weighted by atomic mass is 9.95. The number of hydrogen-bond acceptors (Lipinski definition) is 3. The second kappa shape index (κ2) is 4.88. The van der Waals surface area contributed by atoms with Crippen molar-refractivity contribution in [2.75, 3.05) is 11.4 Å². The molecule has 0 aromatic heterocycles. The predicted molar refractivity (Wildman–Crippen MR) is 76.0 cm³/mol. The average Bonchev–Trinajstić information content (AvgIpc) is 3.21. The van der Waals surface area contributed by atoms with Gasteiger partial charge in [0.05, 0.1) is 11.6 Å². The Kier molecular flexibility index (Phi) is 3.17. The van der Waals surface area contributed by atoms with Crippen LogP contribution in [0.5, 0.6) is 0 Å². The molecule has 1 aliphatic heterocycles. The summed E-state index contributed by atoms with van der Waals surface area (Å²) >= 11 is 0. The number of carbonyl (C=O) groups is 2. The van der Waals surface area contributed by atoms with Crippen molar-refractivity contribution in [2.24, 2.45) is 5.41 Å². The fourth-order valence-corrected chi connectivity index (χ4v) is 2.94. The number of nitriles is 1. The van der Waals surface area contributed by atoms with Gasteiger partial charge in [0.1, 0.15) is 0 Å². The van der Waals surface area contributed by atoms with Crippen LogP contribution in [-0.4, -0.2) is 23.5 Å². The van der Waals surface area contributed by atoms with Gasteiger partial charge in [0.25, 0.3) is 0 Å². The first-order chi connectivity index (χ1) is 10.0. The molecule has 1 amide bonds. The highest BCUT2D eigenvalue weighted by Gasteiger charge is 2.45. The van der Waals surface area contributed by atoms with Gasteiger partial charge in [-0.1, -0.05) is 0 Å². The number of amides is 1. The van der Waals surface area contributed by atoms with Crippen LogP contribution in [0.3, 0.4) is 0 Å². The molecular weight excluding hydrogens is 268 g/mol. The Morgan fingerprint density at radius 2 is 2.14 bits per heavy atom. The third-order valence-electron chi connectivity index (χ3n) is 4.43. The molecule has 1 saturated carbocycles. The van der Waals surface area contributed by atoms with E-state index in [2.05, 4.69) is 6.07 Å². The zero-order chi connectivity index (χ0) is 15.0. The van der Waals surface area contributed by atoms with Gasteiger partial charge >= 0.3 is 5.97 Å². The van der Waals surface area contributed by atoms with Crippen LogP contribution in [0, 0.1) is 16.7 Å². The van der Waals surface area contributed by atoms with Crippen LogP contribution in [0.2, 0.25) is 0 Å². The summed E-state index contributed by atoms with van der Waals surface area (Å²) in [5, 5.41) is 18.0. The highest BCUT2D eigenvalue weighted by atomic mass is 16.4. The van der Waals surface area contributed by atoms with Crippen molar-refractivity contribution in [1.29, 1.82) is 5.26 Å². The summed E-state index contributed by atoms with van der Waals surface area (Å²) in [6, 6.07) is 7.12. The summed E-state index contributed by atoms with van der Waals surface area (Å²) in [6.45, 7) is 0.568. The number of benzene rings is 1. The molecule has 1 heterocycles. The molecule has 1 aromatic rings. The molecule has 5 heteroatoms. The summed E-state index contributed by atoms with van der Waals surface area (Å²) in [5.74, 6) is -0.890. The fourth-order valence-electron chi connectivity index (χ4n) is 2.94. The van der Waals surface area contributed by atoms with Crippen LogP contribution in [0.1, 0.15) is 41.6 Å². The topological polar surface area (TPSA) is 81.4 Å². The van der Waals surface area contributed by atoms with E-state index in [0.717, 1.165) is 24.1 Å². The number of fused-ring (bicyclic) bond motifs is 1. The van der Waals surface area contributed by atoms with E-state index in [1.807, 2.05) is 0 Å². The maximum absolute atomic E-state index is 12.2. The van der Waals surface area contributed by atoms with Gasteiger partial charge in [-0.2, -0.15) is 5.26 Å². The Labute approximate surface area is 122 Å². The first kappa shape index (κ1) is 13.6. The Hall–Kier alpha value is -2.35. The van der Waals surface area contributed by atoms with Crippen molar-refractivity contribution >= 4 is 17.6 Å². The van der Waals surface area contributed by atoms with E-state index in [-0.39, 0.29) is 16.9 Å². The van der Waals surface area contributed by atoms with Gasteiger partial charge in [-0.15, -0.1) is 0 Å². The molecule has 0 atom stereocenters. The number of carbonyl (C=O) groups excluding carboxylic acids is 1. The summed E-state index contributed by atoms with van der Waals surface area (Å²) in [5.41, 5.74) is 1.91. The fraction of sp³-hybridized carbons (Fsp3) is 0.438. The number of anilines is 1.